The molecule has 0 saturated heterocycles. The molecule has 0 fully saturated rings. The van der Waals surface area contributed by atoms with Gasteiger partial charge in [0.1, 0.15) is 0 Å². The highest BCUT2D eigenvalue weighted by Crippen LogP contribution is 2.22. The molecule has 146 valence electrons. The Morgan fingerprint density at radius 3 is 2.43 bits per heavy atom. The van der Waals surface area contributed by atoms with Crippen molar-refractivity contribution >= 4 is 15.7 Å². The molecular weight excluding hydrogens is 380 g/mol. The van der Waals surface area contributed by atoms with Gasteiger partial charge in [-0.1, -0.05) is 35.5 Å². The number of carbonyl (C=O) groups excluding carboxylic acids is 1. The number of sulfone groups is 1. The van der Waals surface area contributed by atoms with Crippen LogP contribution in [0.15, 0.2) is 70.1 Å². The van der Waals surface area contributed by atoms with E-state index in [4.69, 9.17) is 4.52 Å². The normalized spacial score (nSPS) is 12.5. The Labute approximate surface area is 162 Å². The molecule has 0 saturated carbocycles. The van der Waals surface area contributed by atoms with E-state index in [-0.39, 0.29) is 17.2 Å². The number of carbonyl (C=O) groups is 1. The summed E-state index contributed by atoms with van der Waals surface area (Å²) in [5.74, 6) is -0.119. The molecule has 2 N–H and O–H groups in total. The van der Waals surface area contributed by atoms with Crippen molar-refractivity contribution in [2.75, 3.05) is 12.9 Å². The highest BCUT2D eigenvalue weighted by atomic mass is 32.2. The van der Waals surface area contributed by atoms with E-state index >= 15 is 0 Å². The molecule has 1 amide bonds. The van der Waals surface area contributed by atoms with E-state index < -0.39 is 21.8 Å². The van der Waals surface area contributed by atoms with Crippen LogP contribution in [0.2, 0.25) is 0 Å². The SMILES string of the molecule is CS(=O)(=O)c1ccc(-c2cc(C(=O)NC(CO)Cc3ccccc3)no2)cc1. The fourth-order valence-corrected chi connectivity index (χ4v) is 3.33. The Balaban J connectivity index is 1.69. The molecule has 1 heterocycles. The molecule has 0 aliphatic carbocycles. The quantitative estimate of drug-likeness (QED) is 0.628. The Morgan fingerprint density at radius 1 is 1.14 bits per heavy atom. The predicted octanol–water partition coefficient (Wildman–Crippen LogP) is 2.08. The van der Waals surface area contributed by atoms with Crippen LogP contribution in [0.25, 0.3) is 11.3 Å². The maximum atomic E-state index is 12.4. The van der Waals surface area contributed by atoms with E-state index in [9.17, 15) is 18.3 Å². The zero-order valence-corrected chi connectivity index (χ0v) is 16.0. The standard InChI is InChI=1S/C20H20N2O5S/c1-28(25,26)17-9-7-15(8-10-17)19-12-18(22-27-19)20(24)21-16(13-23)11-14-5-3-2-4-6-14/h2-10,12,16,23H,11,13H2,1H3,(H,21,24). The number of nitrogens with zero attached hydrogens (tertiary/aromatic N) is 1. The molecule has 28 heavy (non-hydrogen) atoms. The Morgan fingerprint density at radius 2 is 1.82 bits per heavy atom. The number of nitrogens with one attached hydrogen (secondary N) is 1. The van der Waals surface area contributed by atoms with Crippen LogP contribution >= 0.6 is 0 Å². The van der Waals surface area contributed by atoms with Gasteiger partial charge in [0.25, 0.3) is 5.91 Å². The summed E-state index contributed by atoms with van der Waals surface area (Å²) in [5.41, 5.74) is 1.67. The lowest BCUT2D eigenvalue weighted by atomic mass is 10.1. The summed E-state index contributed by atoms with van der Waals surface area (Å²) in [6, 6.07) is 16.7. The van der Waals surface area contributed by atoms with Gasteiger partial charge in [-0.05, 0) is 36.2 Å². The van der Waals surface area contributed by atoms with Crippen molar-refractivity contribution in [3.05, 3.63) is 71.9 Å². The number of benzene rings is 2. The molecule has 8 heteroatoms. The molecule has 0 spiro atoms. The minimum Gasteiger partial charge on any atom is -0.394 e. The van der Waals surface area contributed by atoms with Crippen LogP contribution < -0.4 is 5.32 Å². The topological polar surface area (TPSA) is 110 Å². The first-order valence-electron chi connectivity index (χ1n) is 8.59. The highest BCUT2D eigenvalue weighted by molar-refractivity contribution is 7.90. The van der Waals surface area contributed by atoms with Gasteiger partial charge in [0.05, 0.1) is 17.5 Å². The summed E-state index contributed by atoms with van der Waals surface area (Å²) in [6.45, 7) is -0.210. The fraction of sp³-hybridized carbons (Fsp3) is 0.200. The van der Waals surface area contributed by atoms with Crippen molar-refractivity contribution in [1.82, 2.24) is 10.5 Å². The number of hydrogen-bond acceptors (Lipinski definition) is 6. The van der Waals surface area contributed by atoms with Crippen LogP contribution in [0.5, 0.6) is 0 Å². The van der Waals surface area contributed by atoms with Crippen molar-refractivity contribution in [1.29, 1.82) is 0 Å². The first kappa shape index (κ1) is 19.8. The monoisotopic (exact) mass is 400 g/mol. The Hall–Kier alpha value is -2.97. The Bertz CT molecular complexity index is 1040. The molecule has 7 nitrogen and oxygen atoms in total. The third-order valence-corrected chi connectivity index (χ3v) is 5.32. The van der Waals surface area contributed by atoms with Gasteiger partial charge in [0.15, 0.2) is 21.3 Å². The second-order valence-corrected chi connectivity index (χ2v) is 8.43. The Kier molecular flexibility index (Phi) is 5.91. The predicted molar refractivity (Wildman–Crippen MR) is 104 cm³/mol. The average Bonchev–Trinajstić information content (AvgIpc) is 3.18. The van der Waals surface area contributed by atoms with Crippen molar-refractivity contribution < 1.29 is 22.8 Å². The number of aliphatic hydroxyl groups excluding tert-OH is 1. The van der Waals surface area contributed by atoms with Gasteiger partial charge in [0, 0.05) is 17.9 Å². The number of amides is 1. The van der Waals surface area contributed by atoms with Crippen LogP contribution in [-0.4, -0.2) is 43.5 Å². The molecule has 1 aromatic heterocycles. The molecule has 0 aliphatic heterocycles. The lowest BCUT2D eigenvalue weighted by molar-refractivity contribution is 0.0907. The lowest BCUT2D eigenvalue weighted by Gasteiger charge is -2.15. The largest absolute Gasteiger partial charge is 0.394 e. The van der Waals surface area contributed by atoms with Crippen LogP contribution in [0.3, 0.4) is 0 Å². The molecule has 0 bridgehead atoms. The summed E-state index contributed by atoms with van der Waals surface area (Å²) in [5, 5.41) is 16.1. The fourth-order valence-electron chi connectivity index (χ4n) is 2.70. The number of aromatic nitrogens is 1. The molecule has 0 aliphatic rings. The second kappa shape index (κ2) is 8.37. The van der Waals surface area contributed by atoms with Crippen molar-refractivity contribution in [2.24, 2.45) is 0 Å². The highest BCUT2D eigenvalue weighted by Gasteiger charge is 2.18. The van der Waals surface area contributed by atoms with Crippen LogP contribution in [0.1, 0.15) is 16.1 Å². The van der Waals surface area contributed by atoms with E-state index in [1.54, 1.807) is 12.1 Å². The third-order valence-electron chi connectivity index (χ3n) is 4.19. The molecule has 3 aromatic rings. The van der Waals surface area contributed by atoms with E-state index in [1.807, 2.05) is 30.3 Å². The average molecular weight is 400 g/mol. The van der Waals surface area contributed by atoms with Gasteiger partial charge in [-0.25, -0.2) is 8.42 Å². The van der Waals surface area contributed by atoms with Gasteiger partial charge < -0.3 is 14.9 Å². The minimum atomic E-state index is -3.29. The van der Waals surface area contributed by atoms with Crippen LogP contribution in [0.4, 0.5) is 0 Å². The van der Waals surface area contributed by atoms with E-state index in [2.05, 4.69) is 10.5 Å². The summed E-state index contributed by atoms with van der Waals surface area (Å²) in [6.07, 6.45) is 1.62. The van der Waals surface area contributed by atoms with E-state index in [1.165, 1.54) is 18.2 Å². The van der Waals surface area contributed by atoms with Crippen molar-refractivity contribution in [2.45, 2.75) is 17.4 Å². The number of hydrogen-bond donors (Lipinski definition) is 2. The first-order valence-corrected chi connectivity index (χ1v) is 10.5. The number of aliphatic hydroxyl groups is 1. The molecule has 0 radical (unpaired) electrons. The van der Waals surface area contributed by atoms with E-state index in [0.29, 0.717) is 17.7 Å². The van der Waals surface area contributed by atoms with Crippen LogP contribution in [-0.2, 0) is 16.3 Å². The maximum absolute atomic E-state index is 12.4. The molecule has 3 rings (SSSR count). The van der Waals surface area contributed by atoms with Gasteiger partial charge >= 0.3 is 0 Å². The zero-order chi connectivity index (χ0) is 20.1. The van der Waals surface area contributed by atoms with Crippen LogP contribution in [0, 0.1) is 0 Å². The van der Waals surface area contributed by atoms with E-state index in [0.717, 1.165) is 11.8 Å². The number of rotatable bonds is 7. The smallest absolute Gasteiger partial charge is 0.273 e. The van der Waals surface area contributed by atoms with Gasteiger partial charge in [0.2, 0.25) is 0 Å². The molecule has 1 atom stereocenters. The summed E-state index contributed by atoms with van der Waals surface area (Å²) >= 11 is 0. The summed E-state index contributed by atoms with van der Waals surface area (Å²) < 4.78 is 28.3. The second-order valence-electron chi connectivity index (χ2n) is 6.42. The van der Waals surface area contributed by atoms with Gasteiger partial charge in [-0.2, -0.15) is 0 Å². The molecule has 1 unspecified atom stereocenters. The maximum Gasteiger partial charge on any atom is 0.273 e. The third kappa shape index (κ3) is 4.85. The molecule has 2 aromatic carbocycles. The van der Waals surface area contributed by atoms with Gasteiger partial charge in [-0.3, -0.25) is 4.79 Å². The van der Waals surface area contributed by atoms with Crippen molar-refractivity contribution in [3.8, 4) is 11.3 Å². The van der Waals surface area contributed by atoms with Crippen molar-refractivity contribution in [3.63, 3.8) is 0 Å². The lowest BCUT2D eigenvalue weighted by Crippen LogP contribution is -2.39. The minimum absolute atomic E-state index is 0.0775. The van der Waals surface area contributed by atoms with Gasteiger partial charge in [-0.15, -0.1) is 0 Å². The zero-order valence-electron chi connectivity index (χ0n) is 15.2. The summed E-state index contributed by atoms with van der Waals surface area (Å²) in [7, 11) is -3.29. The molecular formula is C20H20N2O5S. The first-order chi connectivity index (χ1) is 13.4. The summed E-state index contributed by atoms with van der Waals surface area (Å²) in [4.78, 5) is 12.6.